The monoisotopic (exact) mass is 870 g/mol. The molecule has 7 aromatic rings. The fraction of sp³-hybridized carbons (Fsp3) is 0.340. The van der Waals surface area contributed by atoms with E-state index in [4.69, 9.17) is 9.97 Å². The van der Waals surface area contributed by atoms with E-state index in [1.54, 1.807) is 11.3 Å². The van der Waals surface area contributed by atoms with Gasteiger partial charge in [-0.25, -0.2) is 0 Å². The van der Waals surface area contributed by atoms with Crippen molar-refractivity contribution in [1.29, 1.82) is 0 Å². The summed E-state index contributed by atoms with van der Waals surface area (Å²) >= 11 is 1.68. The fourth-order valence-corrected chi connectivity index (χ4v) is 7.37. The van der Waals surface area contributed by atoms with Gasteiger partial charge in [-0.15, -0.1) is 51.2 Å². The molecular weight excluding hydrogens is 822 g/mol. The molecule has 0 atom stereocenters. The number of nitrogens with zero attached hydrogens (tertiary/aromatic N) is 2. The summed E-state index contributed by atoms with van der Waals surface area (Å²) in [6.07, 6.45) is 0. The third-order valence-electron chi connectivity index (χ3n) is 10.0. The van der Waals surface area contributed by atoms with E-state index in [0.717, 1.165) is 49.4 Å². The molecule has 0 unspecified atom stereocenters. The molecule has 0 aliphatic heterocycles. The molecule has 0 amide bonds. The average Bonchev–Trinajstić information content (AvgIpc) is 3.66. The Hall–Kier alpha value is -3.47. The number of hydrogen-bond acceptors (Lipinski definition) is 2. The molecule has 264 valence electrons. The molecule has 0 N–H and O–H groups in total. The van der Waals surface area contributed by atoms with Crippen molar-refractivity contribution in [3.8, 4) is 33.5 Å². The van der Waals surface area contributed by atoms with E-state index in [1.165, 1.54) is 38.4 Å². The van der Waals surface area contributed by atoms with Crippen molar-refractivity contribution in [1.82, 2.24) is 9.97 Å². The molecule has 0 aliphatic carbocycles. The van der Waals surface area contributed by atoms with Crippen LogP contribution in [0.15, 0.2) is 78.2 Å². The smallest absolute Gasteiger partial charge is 0.663 e. The van der Waals surface area contributed by atoms with Gasteiger partial charge in [0.25, 0.3) is 0 Å². The van der Waals surface area contributed by atoms with Crippen LogP contribution in [0.25, 0.3) is 65.5 Å². The van der Waals surface area contributed by atoms with Gasteiger partial charge >= 0.3 is 22.4 Å². The van der Waals surface area contributed by atoms with Crippen LogP contribution in [0.2, 0.25) is 0 Å². The first-order valence-corrected chi connectivity index (χ1v) is 18.7. The van der Waals surface area contributed by atoms with Gasteiger partial charge in [0.05, 0.1) is 0 Å². The number of benzene rings is 4. The van der Waals surface area contributed by atoms with Gasteiger partial charge < -0.3 is 4.98 Å². The number of pyridine rings is 1. The van der Waals surface area contributed by atoms with Crippen molar-refractivity contribution in [3.05, 3.63) is 113 Å². The molecule has 0 aliphatic rings. The minimum Gasteiger partial charge on any atom is -0.663 e. The first-order chi connectivity index (χ1) is 23.3. The predicted octanol–water partition coefficient (Wildman–Crippen LogP) is 13.3. The molecule has 0 fully saturated rings. The zero-order valence-electron chi connectivity index (χ0n) is 32.1. The minimum absolute atomic E-state index is 0. The molecule has 51 heavy (non-hydrogen) atoms. The summed E-state index contributed by atoms with van der Waals surface area (Å²) in [6, 6.07) is 34.9. The van der Waals surface area contributed by atoms with Crippen LogP contribution in [0.5, 0.6) is 0 Å². The third kappa shape index (κ3) is 7.29. The van der Waals surface area contributed by atoms with Crippen molar-refractivity contribution in [2.45, 2.75) is 105 Å². The summed E-state index contributed by atoms with van der Waals surface area (Å²) in [5.41, 5.74) is 13.3. The normalized spacial score (nSPS) is 12.9. The van der Waals surface area contributed by atoms with Crippen LogP contribution in [0.3, 0.4) is 0 Å². The Balaban J connectivity index is 0.00000448. The molecule has 0 radical (unpaired) electrons. The molecule has 0 bridgehead atoms. The second kappa shape index (κ2) is 12.9. The standard InChI is InChI=1S/C47H49N2S.Au/c1-44(2,3)33-14-16-41-38(25-33)39-27-36(47(10,11)12)26-37(42(39)48-41)31-19-29(21-34(23-31)45(4,5)6)30-20-32(24-35(22-30)46(7,8)9)40-15-13-28-17-18-50-43(28)49-40;/h13-18,21-27H,1-12H3;/q-3;+3. The Morgan fingerprint density at radius 2 is 1.06 bits per heavy atom. The van der Waals surface area contributed by atoms with E-state index >= 15 is 0 Å². The van der Waals surface area contributed by atoms with Gasteiger partial charge in [0, 0.05) is 11.1 Å². The third-order valence-corrected chi connectivity index (χ3v) is 10.8. The summed E-state index contributed by atoms with van der Waals surface area (Å²) in [4.78, 5) is 11.4. The van der Waals surface area contributed by atoms with Crippen molar-refractivity contribution < 1.29 is 22.4 Å². The molecule has 4 aromatic carbocycles. The van der Waals surface area contributed by atoms with Gasteiger partial charge in [-0.2, -0.15) is 40.9 Å². The molecular formula is C47H49AuN2S. The maximum Gasteiger partial charge on any atom is 3.00 e. The van der Waals surface area contributed by atoms with Gasteiger partial charge in [-0.05, 0) is 55.0 Å². The van der Waals surface area contributed by atoms with E-state index in [1.807, 2.05) is 0 Å². The van der Waals surface area contributed by atoms with E-state index in [0.29, 0.717) is 0 Å². The van der Waals surface area contributed by atoms with Crippen LogP contribution in [0, 0.1) is 12.1 Å². The van der Waals surface area contributed by atoms with Gasteiger partial charge in [0.1, 0.15) is 4.83 Å². The quantitative estimate of drug-likeness (QED) is 0.131. The predicted molar refractivity (Wildman–Crippen MR) is 217 cm³/mol. The van der Waals surface area contributed by atoms with Gasteiger partial charge in [0.2, 0.25) is 0 Å². The summed E-state index contributed by atoms with van der Waals surface area (Å²) in [6.45, 7) is 27.4. The van der Waals surface area contributed by atoms with Crippen LogP contribution in [-0.4, -0.2) is 4.98 Å². The number of rotatable bonds is 3. The summed E-state index contributed by atoms with van der Waals surface area (Å²) < 4.78 is 0. The summed E-state index contributed by atoms with van der Waals surface area (Å²) in [5.74, 6) is 0. The zero-order chi connectivity index (χ0) is 36.0. The summed E-state index contributed by atoms with van der Waals surface area (Å²) in [5, 5.41) is 5.71. The minimum atomic E-state index is -0.0820. The van der Waals surface area contributed by atoms with Crippen molar-refractivity contribution >= 4 is 43.4 Å². The van der Waals surface area contributed by atoms with Crippen molar-refractivity contribution in [2.24, 2.45) is 0 Å². The number of hydrogen-bond donors (Lipinski definition) is 0. The SMILES string of the molecule is CC(C)(C)c1cc(-c2[c-]c(-c3cc(C(C)(C)C)cc4c3[n-]c3ccc(C(C)(C)C)cc34)cc(C(C)(C)C)c2)[c-]c(-c2ccc3ccsc3n2)c1.[Au+3]. The molecule has 3 aromatic heterocycles. The molecule has 3 heterocycles. The maximum atomic E-state index is 5.32. The van der Waals surface area contributed by atoms with Crippen molar-refractivity contribution in [3.63, 3.8) is 0 Å². The molecule has 7 rings (SSSR count). The van der Waals surface area contributed by atoms with Crippen LogP contribution < -0.4 is 4.98 Å². The van der Waals surface area contributed by atoms with Crippen LogP contribution in [0.4, 0.5) is 0 Å². The molecule has 0 spiro atoms. The Morgan fingerprint density at radius 1 is 0.529 bits per heavy atom. The Kier molecular flexibility index (Phi) is 9.42. The van der Waals surface area contributed by atoms with Crippen LogP contribution in [-0.2, 0) is 44.0 Å². The van der Waals surface area contributed by atoms with Gasteiger partial charge in [-0.1, -0.05) is 131 Å². The first-order valence-electron chi connectivity index (χ1n) is 17.8. The van der Waals surface area contributed by atoms with Crippen molar-refractivity contribution in [2.75, 3.05) is 0 Å². The second-order valence-electron chi connectivity index (χ2n) is 18.2. The van der Waals surface area contributed by atoms with Crippen LogP contribution >= 0.6 is 11.3 Å². The molecule has 4 heteroatoms. The van der Waals surface area contributed by atoms with Crippen LogP contribution in [0.1, 0.15) is 105 Å². The topological polar surface area (TPSA) is 27.0 Å². The first kappa shape index (κ1) is 37.3. The molecule has 0 saturated carbocycles. The van der Waals surface area contributed by atoms with E-state index in [9.17, 15) is 0 Å². The van der Waals surface area contributed by atoms with E-state index < -0.39 is 0 Å². The Bertz CT molecular complexity index is 2410. The molecule has 2 nitrogen and oxygen atoms in total. The van der Waals surface area contributed by atoms with Gasteiger partial charge in [0.15, 0.2) is 0 Å². The van der Waals surface area contributed by atoms with E-state index in [-0.39, 0.29) is 44.0 Å². The number of fused-ring (bicyclic) bond motifs is 4. The summed E-state index contributed by atoms with van der Waals surface area (Å²) in [7, 11) is 0. The Labute approximate surface area is 324 Å². The zero-order valence-corrected chi connectivity index (χ0v) is 35.1. The average molecular weight is 871 g/mol. The largest absolute Gasteiger partial charge is 3.00 e. The maximum absolute atomic E-state index is 5.32. The second-order valence-corrected chi connectivity index (χ2v) is 19.1. The molecule has 0 saturated heterocycles. The Morgan fingerprint density at radius 3 is 1.67 bits per heavy atom. The number of thiophene rings is 1. The number of aromatic nitrogens is 2. The van der Waals surface area contributed by atoms with E-state index in [2.05, 4.69) is 173 Å². The fourth-order valence-electron chi connectivity index (χ4n) is 6.61. The van der Waals surface area contributed by atoms with Gasteiger partial charge in [-0.3, -0.25) is 4.98 Å².